The van der Waals surface area contributed by atoms with E-state index in [1.807, 2.05) is 19.1 Å². The van der Waals surface area contributed by atoms with E-state index in [2.05, 4.69) is 6.07 Å². The number of rotatable bonds is 5. The van der Waals surface area contributed by atoms with Gasteiger partial charge >= 0.3 is 0 Å². The van der Waals surface area contributed by atoms with Gasteiger partial charge in [-0.25, -0.2) is 0 Å². The van der Waals surface area contributed by atoms with Crippen LogP contribution in [0.2, 0.25) is 0 Å². The van der Waals surface area contributed by atoms with E-state index in [0.717, 1.165) is 0 Å². The molecule has 0 fully saturated rings. The van der Waals surface area contributed by atoms with Gasteiger partial charge in [-0.15, -0.1) is 0 Å². The zero-order chi connectivity index (χ0) is 15.2. The van der Waals surface area contributed by atoms with Gasteiger partial charge in [-0.3, -0.25) is 0 Å². The minimum absolute atomic E-state index is 0.470. The van der Waals surface area contributed by atoms with Crippen LogP contribution < -0.4 is 9.47 Å². The summed E-state index contributed by atoms with van der Waals surface area (Å²) in [6.07, 6.45) is -0.678. The topological polar surface area (TPSA) is 62.5 Å². The van der Waals surface area contributed by atoms with Crippen LogP contribution in [0.15, 0.2) is 42.5 Å². The number of nitrogens with zero attached hydrogens (tertiary/aromatic N) is 1. The summed E-state index contributed by atoms with van der Waals surface area (Å²) in [6.45, 7) is 4.15. The summed E-state index contributed by atoms with van der Waals surface area (Å²) in [5.74, 6) is 1.78. The van der Waals surface area contributed by atoms with E-state index >= 15 is 0 Å². The minimum Gasteiger partial charge on any atom is -0.494 e. The number of aliphatic hydroxyl groups excluding tert-OH is 1. The van der Waals surface area contributed by atoms with Gasteiger partial charge in [-0.2, -0.15) is 5.26 Å². The lowest BCUT2D eigenvalue weighted by Gasteiger charge is -2.14. The first-order valence-electron chi connectivity index (χ1n) is 6.77. The van der Waals surface area contributed by atoms with Crippen LogP contribution >= 0.6 is 0 Å². The molecular weight excluding hydrogens is 266 g/mol. The van der Waals surface area contributed by atoms with Crippen molar-refractivity contribution in [3.8, 4) is 23.3 Å². The van der Waals surface area contributed by atoms with E-state index in [-0.39, 0.29) is 0 Å². The van der Waals surface area contributed by atoms with Gasteiger partial charge in [0.15, 0.2) is 0 Å². The van der Waals surface area contributed by atoms with Crippen LogP contribution in [0.3, 0.4) is 0 Å². The first kappa shape index (κ1) is 14.9. The molecule has 2 rings (SSSR count). The number of ether oxygens (including phenoxy) is 2. The lowest BCUT2D eigenvalue weighted by molar-refractivity contribution is 0.195. The Hall–Kier alpha value is -2.51. The monoisotopic (exact) mass is 283 g/mol. The van der Waals surface area contributed by atoms with E-state index in [9.17, 15) is 5.11 Å². The molecular formula is C17H17NO3. The normalized spacial score (nSPS) is 11.5. The Bertz CT molecular complexity index is 659. The first-order valence-corrected chi connectivity index (χ1v) is 6.77. The Balaban J connectivity index is 2.33. The Kier molecular flexibility index (Phi) is 4.81. The van der Waals surface area contributed by atoms with Crippen molar-refractivity contribution in [2.75, 3.05) is 6.61 Å². The van der Waals surface area contributed by atoms with Gasteiger partial charge in [0.25, 0.3) is 0 Å². The van der Waals surface area contributed by atoms with E-state index in [4.69, 9.17) is 14.7 Å². The molecule has 0 heterocycles. The third-order valence-electron chi connectivity index (χ3n) is 2.94. The van der Waals surface area contributed by atoms with E-state index in [1.165, 1.54) is 0 Å². The molecule has 1 atom stereocenters. The maximum absolute atomic E-state index is 9.80. The molecule has 0 radical (unpaired) electrons. The highest BCUT2D eigenvalue weighted by atomic mass is 16.5. The number of benzene rings is 2. The second-order valence-corrected chi connectivity index (χ2v) is 4.55. The Morgan fingerprint density at radius 1 is 1.19 bits per heavy atom. The summed E-state index contributed by atoms with van der Waals surface area (Å²) in [6, 6.07) is 14.3. The van der Waals surface area contributed by atoms with Gasteiger partial charge in [0.1, 0.15) is 17.2 Å². The van der Waals surface area contributed by atoms with Crippen molar-refractivity contribution in [1.82, 2.24) is 0 Å². The second-order valence-electron chi connectivity index (χ2n) is 4.55. The van der Waals surface area contributed by atoms with Crippen molar-refractivity contribution in [1.29, 1.82) is 5.26 Å². The van der Waals surface area contributed by atoms with Gasteiger partial charge in [-0.05, 0) is 38.1 Å². The predicted molar refractivity (Wildman–Crippen MR) is 79.5 cm³/mol. The number of hydrogen-bond acceptors (Lipinski definition) is 4. The van der Waals surface area contributed by atoms with Gasteiger partial charge in [0.2, 0.25) is 0 Å². The predicted octanol–water partition coefficient (Wildman–Crippen LogP) is 3.80. The first-order chi connectivity index (χ1) is 10.1. The van der Waals surface area contributed by atoms with Crippen LogP contribution in [0.5, 0.6) is 17.2 Å². The third-order valence-corrected chi connectivity index (χ3v) is 2.94. The van der Waals surface area contributed by atoms with Crippen LogP contribution in [-0.4, -0.2) is 11.7 Å². The van der Waals surface area contributed by atoms with E-state index in [0.29, 0.717) is 35.0 Å². The minimum atomic E-state index is -0.678. The van der Waals surface area contributed by atoms with Crippen LogP contribution in [0.4, 0.5) is 0 Å². The molecule has 0 bridgehead atoms. The summed E-state index contributed by atoms with van der Waals surface area (Å²) in [4.78, 5) is 0. The molecule has 0 unspecified atom stereocenters. The number of nitriles is 1. The van der Waals surface area contributed by atoms with Crippen molar-refractivity contribution >= 4 is 0 Å². The lowest BCUT2D eigenvalue weighted by Crippen LogP contribution is -1.97. The quantitative estimate of drug-likeness (QED) is 0.906. The standard InChI is InChI=1S/C17H17NO3/c1-3-20-14-5-4-6-15(10-14)21-17-9-13(11-18)7-8-16(17)12(2)19/h4-10,12,19H,3H2,1-2H3/t12-/m1/s1. The fraction of sp³-hybridized carbons (Fsp3) is 0.235. The van der Waals surface area contributed by atoms with Gasteiger partial charge in [0.05, 0.1) is 24.3 Å². The van der Waals surface area contributed by atoms with Crippen LogP contribution in [0.1, 0.15) is 31.1 Å². The van der Waals surface area contributed by atoms with Crippen LogP contribution in [0, 0.1) is 11.3 Å². The van der Waals surface area contributed by atoms with Crippen molar-refractivity contribution < 1.29 is 14.6 Å². The molecule has 0 aromatic heterocycles. The molecule has 0 aliphatic carbocycles. The summed E-state index contributed by atoms with van der Waals surface area (Å²) in [5.41, 5.74) is 1.12. The van der Waals surface area contributed by atoms with Crippen molar-refractivity contribution in [3.63, 3.8) is 0 Å². The van der Waals surface area contributed by atoms with Crippen LogP contribution in [-0.2, 0) is 0 Å². The average molecular weight is 283 g/mol. The van der Waals surface area contributed by atoms with Gasteiger partial charge < -0.3 is 14.6 Å². The molecule has 0 saturated carbocycles. The maximum Gasteiger partial charge on any atom is 0.134 e. The Morgan fingerprint density at radius 2 is 1.95 bits per heavy atom. The zero-order valence-electron chi connectivity index (χ0n) is 12.0. The highest BCUT2D eigenvalue weighted by molar-refractivity contribution is 5.46. The molecule has 4 heteroatoms. The molecule has 1 N–H and O–H groups in total. The highest BCUT2D eigenvalue weighted by Crippen LogP contribution is 2.32. The smallest absolute Gasteiger partial charge is 0.134 e. The maximum atomic E-state index is 9.80. The Morgan fingerprint density at radius 3 is 2.62 bits per heavy atom. The number of aliphatic hydroxyl groups is 1. The second kappa shape index (κ2) is 6.78. The van der Waals surface area contributed by atoms with Gasteiger partial charge in [0, 0.05) is 11.6 Å². The summed E-state index contributed by atoms with van der Waals surface area (Å²) < 4.78 is 11.2. The van der Waals surface area contributed by atoms with Crippen molar-refractivity contribution in [2.24, 2.45) is 0 Å². The molecule has 108 valence electrons. The molecule has 21 heavy (non-hydrogen) atoms. The molecule has 2 aromatic carbocycles. The van der Waals surface area contributed by atoms with E-state index < -0.39 is 6.10 Å². The summed E-state index contributed by atoms with van der Waals surface area (Å²) in [5, 5.41) is 18.8. The molecule has 0 amide bonds. The van der Waals surface area contributed by atoms with Crippen molar-refractivity contribution in [2.45, 2.75) is 20.0 Å². The zero-order valence-corrected chi connectivity index (χ0v) is 12.0. The lowest BCUT2D eigenvalue weighted by atomic mass is 10.1. The molecule has 0 saturated heterocycles. The molecule has 0 aliphatic rings. The molecule has 0 aliphatic heterocycles. The van der Waals surface area contributed by atoms with Gasteiger partial charge in [-0.1, -0.05) is 12.1 Å². The van der Waals surface area contributed by atoms with Crippen molar-refractivity contribution in [3.05, 3.63) is 53.6 Å². The summed E-state index contributed by atoms with van der Waals surface area (Å²) in [7, 11) is 0. The fourth-order valence-electron chi connectivity index (χ4n) is 1.96. The molecule has 0 spiro atoms. The number of hydrogen-bond donors (Lipinski definition) is 1. The molecule has 4 nitrogen and oxygen atoms in total. The van der Waals surface area contributed by atoms with Crippen LogP contribution in [0.25, 0.3) is 0 Å². The third kappa shape index (κ3) is 3.74. The fourth-order valence-corrected chi connectivity index (χ4v) is 1.96. The summed E-state index contributed by atoms with van der Waals surface area (Å²) >= 11 is 0. The highest BCUT2D eigenvalue weighted by Gasteiger charge is 2.11. The molecule has 2 aromatic rings. The average Bonchev–Trinajstić information content (AvgIpc) is 2.47. The van der Waals surface area contributed by atoms with E-state index in [1.54, 1.807) is 37.3 Å². The largest absolute Gasteiger partial charge is 0.494 e. The SMILES string of the molecule is CCOc1cccc(Oc2cc(C#N)ccc2[C@@H](C)O)c1. The Labute approximate surface area is 124 Å².